The molecule has 0 spiro atoms. The van der Waals surface area contributed by atoms with E-state index in [0.717, 1.165) is 10.5 Å². The van der Waals surface area contributed by atoms with E-state index in [4.69, 9.17) is 5.53 Å². The Balaban J connectivity index is 2.46. The summed E-state index contributed by atoms with van der Waals surface area (Å²) in [6.45, 7) is 2.41. The van der Waals surface area contributed by atoms with E-state index in [0.29, 0.717) is 18.7 Å². The lowest BCUT2D eigenvalue weighted by molar-refractivity contribution is 0.680. The van der Waals surface area contributed by atoms with Gasteiger partial charge in [0.25, 0.3) is 0 Å². The molecule has 80 valence electrons. The maximum Gasteiger partial charge on any atom is 0.0529 e. The van der Waals surface area contributed by atoms with Gasteiger partial charge >= 0.3 is 0 Å². The summed E-state index contributed by atoms with van der Waals surface area (Å²) in [5.41, 5.74) is 9.22. The van der Waals surface area contributed by atoms with E-state index in [-0.39, 0.29) is 0 Å². The molecule has 1 aromatic carbocycles. The first-order chi connectivity index (χ1) is 7.24. The average Bonchev–Trinajstić information content (AvgIpc) is 2.25. The van der Waals surface area contributed by atoms with Crippen molar-refractivity contribution >= 4 is 10.8 Å². The van der Waals surface area contributed by atoms with Gasteiger partial charge in [0.1, 0.15) is 0 Å². The van der Waals surface area contributed by atoms with E-state index in [1.165, 1.54) is 0 Å². The van der Waals surface area contributed by atoms with Gasteiger partial charge in [-0.25, -0.2) is 0 Å². The van der Waals surface area contributed by atoms with Crippen molar-refractivity contribution in [3.63, 3.8) is 0 Å². The third kappa shape index (κ3) is 4.14. The third-order valence-electron chi connectivity index (χ3n) is 1.93. The second-order valence-corrected chi connectivity index (χ2v) is 4.74. The second kappa shape index (κ2) is 6.22. The summed E-state index contributed by atoms with van der Waals surface area (Å²) in [7, 11) is -0.978. The van der Waals surface area contributed by atoms with E-state index in [1.54, 1.807) is 0 Å². The Morgan fingerprint density at radius 2 is 2.07 bits per heavy atom. The Bertz CT molecular complexity index is 382. The number of aryl methyl sites for hydroxylation is 1. The van der Waals surface area contributed by atoms with Crippen molar-refractivity contribution in [2.75, 3.05) is 12.3 Å². The molecule has 0 aromatic heterocycles. The van der Waals surface area contributed by atoms with Crippen molar-refractivity contribution in [2.24, 2.45) is 5.11 Å². The van der Waals surface area contributed by atoms with Crippen LogP contribution < -0.4 is 0 Å². The van der Waals surface area contributed by atoms with Gasteiger partial charge < -0.3 is 0 Å². The molecule has 0 aliphatic rings. The minimum absolute atomic E-state index is 0.411. The fraction of sp³-hybridized carbons (Fsp3) is 0.400. The first-order valence-electron chi connectivity index (χ1n) is 4.70. The Labute approximate surface area is 91.4 Å². The normalized spacial score (nSPS) is 11.8. The molecule has 0 saturated carbocycles. The number of azide groups is 1. The Morgan fingerprint density at radius 3 is 2.67 bits per heavy atom. The maximum absolute atomic E-state index is 11.7. The van der Waals surface area contributed by atoms with Crippen LogP contribution in [0.3, 0.4) is 0 Å². The predicted octanol–water partition coefficient (Wildman–Crippen LogP) is 2.80. The molecule has 0 bridgehead atoms. The standard InChI is InChI=1S/C10H13N3OS/c1-9-3-5-10(6-4-9)15(14)8-2-7-12-13-11/h3-6H,2,7-8H2,1H3. The van der Waals surface area contributed by atoms with Crippen LogP contribution in [-0.2, 0) is 10.8 Å². The number of benzene rings is 1. The molecule has 1 rings (SSSR count). The summed E-state index contributed by atoms with van der Waals surface area (Å²) in [4.78, 5) is 3.48. The highest BCUT2D eigenvalue weighted by molar-refractivity contribution is 7.85. The average molecular weight is 223 g/mol. The fourth-order valence-corrected chi connectivity index (χ4v) is 2.19. The van der Waals surface area contributed by atoms with Crippen LogP contribution in [0.15, 0.2) is 34.3 Å². The van der Waals surface area contributed by atoms with Gasteiger partial charge in [0, 0.05) is 22.1 Å². The minimum Gasteiger partial charge on any atom is -0.254 e. The van der Waals surface area contributed by atoms with Crippen LogP contribution in [0.2, 0.25) is 0 Å². The van der Waals surface area contributed by atoms with Crippen LogP contribution in [0, 0.1) is 6.92 Å². The minimum atomic E-state index is -0.978. The maximum atomic E-state index is 11.7. The van der Waals surface area contributed by atoms with Crippen molar-refractivity contribution in [2.45, 2.75) is 18.2 Å². The lowest BCUT2D eigenvalue weighted by Crippen LogP contribution is -1.99. The zero-order chi connectivity index (χ0) is 11.1. The van der Waals surface area contributed by atoms with E-state index in [2.05, 4.69) is 10.0 Å². The monoisotopic (exact) mass is 223 g/mol. The van der Waals surface area contributed by atoms with Crippen LogP contribution in [0.25, 0.3) is 10.4 Å². The van der Waals surface area contributed by atoms with E-state index < -0.39 is 10.8 Å². The van der Waals surface area contributed by atoms with E-state index in [9.17, 15) is 4.21 Å². The van der Waals surface area contributed by atoms with Gasteiger partial charge in [-0.05, 0) is 31.0 Å². The van der Waals surface area contributed by atoms with Crippen molar-refractivity contribution in [3.8, 4) is 0 Å². The number of rotatable bonds is 5. The molecule has 1 aromatic rings. The molecule has 0 aliphatic carbocycles. The predicted molar refractivity (Wildman–Crippen MR) is 61.1 cm³/mol. The SMILES string of the molecule is Cc1ccc(S(=O)CCCN=[N+]=[N-])cc1. The van der Waals surface area contributed by atoms with Gasteiger partial charge in [-0.15, -0.1) is 0 Å². The molecular weight excluding hydrogens is 210 g/mol. The number of nitrogens with zero attached hydrogens (tertiary/aromatic N) is 3. The smallest absolute Gasteiger partial charge is 0.0529 e. The number of hydrogen-bond acceptors (Lipinski definition) is 2. The van der Waals surface area contributed by atoms with E-state index in [1.807, 2.05) is 31.2 Å². The van der Waals surface area contributed by atoms with Crippen molar-refractivity contribution in [3.05, 3.63) is 40.3 Å². The third-order valence-corrected chi connectivity index (χ3v) is 3.39. The van der Waals surface area contributed by atoms with Gasteiger partial charge in [0.05, 0.1) is 10.8 Å². The molecule has 0 amide bonds. The fourth-order valence-electron chi connectivity index (χ4n) is 1.12. The lowest BCUT2D eigenvalue weighted by Gasteiger charge is -2.01. The zero-order valence-corrected chi connectivity index (χ0v) is 9.41. The second-order valence-electron chi connectivity index (χ2n) is 3.17. The van der Waals surface area contributed by atoms with Crippen LogP contribution in [0.1, 0.15) is 12.0 Å². The highest BCUT2D eigenvalue weighted by atomic mass is 32.2. The Kier molecular flexibility index (Phi) is 4.87. The Morgan fingerprint density at radius 1 is 1.40 bits per heavy atom. The highest BCUT2D eigenvalue weighted by Crippen LogP contribution is 2.09. The molecule has 0 radical (unpaired) electrons. The van der Waals surface area contributed by atoms with Crippen molar-refractivity contribution in [1.29, 1.82) is 0 Å². The molecule has 4 nitrogen and oxygen atoms in total. The summed E-state index contributed by atoms with van der Waals surface area (Å²) in [5, 5.41) is 3.40. The largest absolute Gasteiger partial charge is 0.254 e. The molecule has 1 atom stereocenters. The molecule has 0 N–H and O–H groups in total. The Hall–Kier alpha value is -1.32. The summed E-state index contributed by atoms with van der Waals surface area (Å²) in [6.07, 6.45) is 0.657. The van der Waals surface area contributed by atoms with E-state index >= 15 is 0 Å². The molecule has 1 unspecified atom stereocenters. The molecular formula is C10H13N3OS. The zero-order valence-electron chi connectivity index (χ0n) is 8.59. The quantitative estimate of drug-likeness (QED) is 0.327. The first kappa shape index (κ1) is 11.8. The molecule has 0 fully saturated rings. The molecule has 0 saturated heterocycles. The molecule has 15 heavy (non-hydrogen) atoms. The summed E-state index contributed by atoms with van der Waals surface area (Å²) in [5.74, 6) is 0.544. The van der Waals surface area contributed by atoms with Gasteiger partial charge in [0.15, 0.2) is 0 Å². The van der Waals surface area contributed by atoms with Gasteiger partial charge in [-0.3, -0.25) is 4.21 Å². The number of hydrogen-bond donors (Lipinski definition) is 0. The van der Waals surface area contributed by atoms with Gasteiger partial charge in [-0.2, -0.15) is 0 Å². The van der Waals surface area contributed by atoms with Gasteiger partial charge in [0.2, 0.25) is 0 Å². The first-order valence-corrected chi connectivity index (χ1v) is 6.02. The lowest BCUT2D eigenvalue weighted by atomic mass is 10.2. The van der Waals surface area contributed by atoms with Gasteiger partial charge in [-0.1, -0.05) is 22.8 Å². The molecule has 5 heteroatoms. The molecule has 0 heterocycles. The summed E-state index contributed by atoms with van der Waals surface area (Å²) >= 11 is 0. The van der Waals surface area contributed by atoms with Crippen LogP contribution in [0.4, 0.5) is 0 Å². The van der Waals surface area contributed by atoms with Crippen LogP contribution in [0.5, 0.6) is 0 Å². The van der Waals surface area contributed by atoms with Crippen molar-refractivity contribution in [1.82, 2.24) is 0 Å². The van der Waals surface area contributed by atoms with Crippen LogP contribution in [-0.4, -0.2) is 16.5 Å². The van der Waals surface area contributed by atoms with Crippen LogP contribution >= 0.6 is 0 Å². The summed E-state index contributed by atoms with van der Waals surface area (Å²) in [6, 6.07) is 7.64. The highest BCUT2D eigenvalue weighted by Gasteiger charge is 2.01. The van der Waals surface area contributed by atoms with Crippen molar-refractivity contribution < 1.29 is 4.21 Å². The molecule has 0 aliphatic heterocycles. The summed E-state index contributed by atoms with van der Waals surface area (Å²) < 4.78 is 11.7. The topological polar surface area (TPSA) is 65.8 Å².